The van der Waals surface area contributed by atoms with Crippen molar-refractivity contribution in [2.75, 3.05) is 4.55 Å². The smallest absolute Gasteiger partial charge is 0.0482 e. The maximum absolute atomic E-state index is 3.37. The van der Waals surface area contributed by atoms with E-state index in [1.165, 1.54) is 19.3 Å². The molecule has 0 aromatic heterocycles. The number of alkyl halides is 1. The second-order valence-electron chi connectivity index (χ2n) is 1.97. The van der Waals surface area contributed by atoms with Gasteiger partial charge in [0.2, 0.25) is 0 Å². The Kier molecular flexibility index (Phi) is 2.38. The first-order valence-electron chi connectivity index (χ1n) is 2.73. The summed E-state index contributed by atoms with van der Waals surface area (Å²) >= 11 is 2.35. The van der Waals surface area contributed by atoms with Crippen molar-refractivity contribution in [3.05, 3.63) is 0 Å². The third kappa shape index (κ3) is 1.57. The SMILES string of the molecule is ICNC1CCC1. The molecule has 42 valence electrons. The fourth-order valence-electron chi connectivity index (χ4n) is 0.721. The van der Waals surface area contributed by atoms with Crippen LogP contribution in [0.25, 0.3) is 0 Å². The second-order valence-corrected chi connectivity index (χ2v) is 2.73. The Morgan fingerprint density at radius 2 is 2.29 bits per heavy atom. The lowest BCUT2D eigenvalue weighted by Gasteiger charge is -2.25. The third-order valence-electron chi connectivity index (χ3n) is 1.47. The van der Waals surface area contributed by atoms with E-state index in [0.717, 1.165) is 10.6 Å². The summed E-state index contributed by atoms with van der Waals surface area (Å²) in [5.74, 6) is 0. The molecule has 7 heavy (non-hydrogen) atoms. The molecule has 1 aliphatic rings. The van der Waals surface area contributed by atoms with Gasteiger partial charge >= 0.3 is 0 Å². The monoisotopic (exact) mass is 211 g/mol. The summed E-state index contributed by atoms with van der Waals surface area (Å²) in [6.07, 6.45) is 4.25. The zero-order valence-corrected chi connectivity index (χ0v) is 6.44. The largest absolute Gasteiger partial charge is 0.305 e. The minimum Gasteiger partial charge on any atom is -0.305 e. The second kappa shape index (κ2) is 2.87. The van der Waals surface area contributed by atoms with Crippen LogP contribution in [-0.2, 0) is 0 Å². The van der Waals surface area contributed by atoms with Gasteiger partial charge in [0.15, 0.2) is 0 Å². The molecule has 0 aromatic carbocycles. The highest BCUT2D eigenvalue weighted by molar-refractivity contribution is 14.1. The highest BCUT2D eigenvalue weighted by atomic mass is 127. The molecule has 1 aliphatic carbocycles. The van der Waals surface area contributed by atoms with Crippen molar-refractivity contribution in [3.63, 3.8) is 0 Å². The van der Waals surface area contributed by atoms with E-state index in [0.29, 0.717) is 0 Å². The molecule has 1 fully saturated rings. The van der Waals surface area contributed by atoms with E-state index in [-0.39, 0.29) is 0 Å². The van der Waals surface area contributed by atoms with E-state index in [2.05, 4.69) is 27.9 Å². The molecule has 0 aliphatic heterocycles. The Bertz CT molecular complexity index is 52.0. The van der Waals surface area contributed by atoms with Gasteiger partial charge in [0.05, 0.1) is 0 Å². The Labute approximate surface area is 58.0 Å². The van der Waals surface area contributed by atoms with Crippen molar-refractivity contribution in [1.29, 1.82) is 0 Å². The first-order valence-corrected chi connectivity index (χ1v) is 4.25. The maximum atomic E-state index is 3.37. The predicted octanol–water partition coefficient (Wildman–Crippen LogP) is 1.52. The van der Waals surface area contributed by atoms with E-state index in [9.17, 15) is 0 Å². The number of rotatable bonds is 2. The van der Waals surface area contributed by atoms with Gasteiger partial charge in [0.25, 0.3) is 0 Å². The van der Waals surface area contributed by atoms with Crippen molar-refractivity contribution in [2.45, 2.75) is 25.3 Å². The van der Waals surface area contributed by atoms with Crippen molar-refractivity contribution < 1.29 is 0 Å². The van der Waals surface area contributed by atoms with Gasteiger partial charge < -0.3 is 5.32 Å². The third-order valence-corrected chi connectivity index (χ3v) is 1.91. The molecular weight excluding hydrogens is 201 g/mol. The van der Waals surface area contributed by atoms with Gasteiger partial charge in [-0.25, -0.2) is 0 Å². The summed E-state index contributed by atoms with van der Waals surface area (Å²) in [5.41, 5.74) is 0. The average Bonchev–Trinajstić information content (AvgIpc) is 1.55. The predicted molar refractivity (Wildman–Crippen MR) is 39.7 cm³/mol. The van der Waals surface area contributed by atoms with Crippen LogP contribution < -0.4 is 5.32 Å². The molecule has 2 heteroatoms. The molecule has 0 radical (unpaired) electrons. The molecule has 1 nitrogen and oxygen atoms in total. The van der Waals surface area contributed by atoms with E-state index in [4.69, 9.17) is 0 Å². The lowest BCUT2D eigenvalue weighted by atomic mass is 9.94. The van der Waals surface area contributed by atoms with Crippen molar-refractivity contribution >= 4 is 22.6 Å². The Hall–Kier alpha value is 0.690. The molecule has 0 amide bonds. The minimum absolute atomic E-state index is 0.872. The van der Waals surface area contributed by atoms with Gasteiger partial charge in [0, 0.05) is 10.6 Å². The lowest BCUT2D eigenvalue weighted by molar-refractivity contribution is 0.360. The van der Waals surface area contributed by atoms with Gasteiger partial charge in [-0.05, 0) is 12.8 Å². The summed E-state index contributed by atoms with van der Waals surface area (Å²) in [4.78, 5) is 0. The average molecular weight is 211 g/mol. The molecular formula is C5H10IN. The molecule has 0 heterocycles. The lowest BCUT2D eigenvalue weighted by Crippen LogP contribution is -2.33. The first kappa shape index (κ1) is 5.82. The molecule has 1 saturated carbocycles. The van der Waals surface area contributed by atoms with Crippen LogP contribution in [0.3, 0.4) is 0 Å². The minimum atomic E-state index is 0.872. The van der Waals surface area contributed by atoms with Crippen LogP contribution in [0.15, 0.2) is 0 Å². The quantitative estimate of drug-likeness (QED) is 0.414. The highest BCUT2D eigenvalue weighted by Gasteiger charge is 2.14. The topological polar surface area (TPSA) is 12.0 Å². The van der Waals surface area contributed by atoms with Crippen molar-refractivity contribution in [2.24, 2.45) is 0 Å². The van der Waals surface area contributed by atoms with Crippen LogP contribution in [0.5, 0.6) is 0 Å². The number of nitrogens with one attached hydrogen (secondary N) is 1. The Morgan fingerprint density at radius 1 is 1.57 bits per heavy atom. The first-order chi connectivity index (χ1) is 3.43. The summed E-state index contributed by atoms with van der Waals surface area (Å²) in [6.45, 7) is 0. The molecule has 0 saturated heterocycles. The van der Waals surface area contributed by atoms with Crippen molar-refractivity contribution in [1.82, 2.24) is 5.32 Å². The summed E-state index contributed by atoms with van der Waals surface area (Å²) in [6, 6.07) is 0.872. The normalized spacial score (nSPS) is 21.9. The number of hydrogen-bond acceptors (Lipinski definition) is 1. The molecule has 0 aromatic rings. The zero-order valence-electron chi connectivity index (χ0n) is 4.28. The zero-order chi connectivity index (χ0) is 5.11. The van der Waals surface area contributed by atoms with E-state index in [1.54, 1.807) is 0 Å². The van der Waals surface area contributed by atoms with Gasteiger partial charge in [-0.1, -0.05) is 29.0 Å². The number of hydrogen-bond donors (Lipinski definition) is 1. The van der Waals surface area contributed by atoms with Crippen molar-refractivity contribution in [3.8, 4) is 0 Å². The van der Waals surface area contributed by atoms with Crippen LogP contribution in [0.1, 0.15) is 19.3 Å². The molecule has 0 atom stereocenters. The maximum Gasteiger partial charge on any atom is 0.0482 e. The van der Waals surface area contributed by atoms with Gasteiger partial charge in [-0.15, -0.1) is 0 Å². The molecule has 0 spiro atoms. The van der Waals surface area contributed by atoms with Gasteiger partial charge in [-0.2, -0.15) is 0 Å². The molecule has 1 N–H and O–H groups in total. The van der Waals surface area contributed by atoms with E-state index in [1.807, 2.05) is 0 Å². The van der Waals surface area contributed by atoms with Crippen LogP contribution in [0.2, 0.25) is 0 Å². The van der Waals surface area contributed by atoms with E-state index < -0.39 is 0 Å². The van der Waals surface area contributed by atoms with Gasteiger partial charge in [-0.3, -0.25) is 0 Å². The number of halogens is 1. The van der Waals surface area contributed by atoms with Crippen LogP contribution in [0, 0.1) is 0 Å². The summed E-state index contributed by atoms with van der Waals surface area (Å²) in [5, 5.41) is 3.37. The fourth-order valence-corrected chi connectivity index (χ4v) is 1.34. The Balaban J connectivity index is 1.93. The van der Waals surface area contributed by atoms with Gasteiger partial charge in [0.1, 0.15) is 0 Å². The Morgan fingerprint density at radius 3 is 2.43 bits per heavy atom. The standard InChI is InChI=1S/C5H10IN/c6-4-7-5-2-1-3-5/h5,7H,1-4H2. The summed E-state index contributed by atoms with van der Waals surface area (Å²) in [7, 11) is 0. The highest BCUT2D eigenvalue weighted by Crippen LogP contribution is 2.17. The molecule has 0 bridgehead atoms. The van der Waals surface area contributed by atoms with Crippen LogP contribution in [0.4, 0.5) is 0 Å². The molecule has 0 unspecified atom stereocenters. The molecule has 1 rings (SSSR count). The van der Waals surface area contributed by atoms with E-state index >= 15 is 0 Å². The summed E-state index contributed by atoms with van der Waals surface area (Å²) < 4.78 is 1.11. The van der Waals surface area contributed by atoms with Crippen LogP contribution >= 0.6 is 22.6 Å². The fraction of sp³-hybridized carbons (Fsp3) is 1.00. The van der Waals surface area contributed by atoms with Crippen LogP contribution in [-0.4, -0.2) is 10.6 Å².